The van der Waals surface area contributed by atoms with E-state index in [4.69, 9.17) is 5.84 Å². The van der Waals surface area contributed by atoms with Crippen molar-refractivity contribution in [3.63, 3.8) is 0 Å². The number of hydrazone groups is 1. The third-order valence-electron chi connectivity index (χ3n) is 1.24. The van der Waals surface area contributed by atoms with E-state index in [0.717, 1.165) is 11.3 Å². The summed E-state index contributed by atoms with van der Waals surface area (Å²) in [5.74, 6) is 4.96. The molecule has 3 N–H and O–H groups in total. The highest BCUT2D eigenvalue weighted by atomic mass is 15.5. The fourth-order valence-electron chi connectivity index (χ4n) is 0.394. The molecule has 0 bridgehead atoms. The Morgan fingerprint density at radius 2 is 2.11 bits per heavy atom. The highest BCUT2D eigenvalue weighted by Crippen LogP contribution is 1.93. The van der Waals surface area contributed by atoms with Gasteiger partial charge in [-0.15, -0.1) is 0 Å². The lowest BCUT2D eigenvalue weighted by atomic mass is 10.2. The highest BCUT2D eigenvalue weighted by molar-refractivity contribution is 5.97. The molecule has 0 unspecified atom stereocenters. The fourth-order valence-corrected chi connectivity index (χ4v) is 0.394. The van der Waals surface area contributed by atoms with Gasteiger partial charge in [-0.05, 0) is 26.3 Å². The molecule has 0 amide bonds. The first-order chi connectivity index (χ1) is 4.22. The van der Waals surface area contributed by atoms with Gasteiger partial charge in [0.2, 0.25) is 0 Å². The average molecular weight is 127 g/mol. The van der Waals surface area contributed by atoms with Gasteiger partial charge in [0, 0.05) is 0 Å². The molecule has 3 heteroatoms. The van der Waals surface area contributed by atoms with Crippen LogP contribution in [0.15, 0.2) is 16.8 Å². The van der Waals surface area contributed by atoms with E-state index in [1.54, 1.807) is 0 Å². The van der Waals surface area contributed by atoms with Crippen molar-refractivity contribution in [2.24, 2.45) is 10.9 Å². The Hall–Kier alpha value is -0.830. The van der Waals surface area contributed by atoms with Gasteiger partial charge in [-0.1, -0.05) is 6.08 Å². The monoisotopic (exact) mass is 127 g/mol. The number of rotatable bonds is 2. The number of allylic oxidation sites excluding steroid dienone is 2. The maximum Gasteiger partial charge on any atom is 0.0613 e. The van der Waals surface area contributed by atoms with Crippen LogP contribution in [0.2, 0.25) is 0 Å². The fraction of sp³-hybridized carbons (Fsp3) is 0.500. The predicted molar refractivity (Wildman–Crippen MR) is 39.9 cm³/mol. The van der Waals surface area contributed by atoms with E-state index < -0.39 is 0 Å². The predicted octanol–water partition coefficient (Wildman–Crippen LogP) is 0.792. The largest absolute Gasteiger partial charge is 0.245 e. The van der Waals surface area contributed by atoms with Crippen molar-refractivity contribution in [1.29, 1.82) is 0 Å². The number of nitrogens with one attached hydrogen (secondary N) is 1. The van der Waals surface area contributed by atoms with Crippen molar-refractivity contribution in [3.8, 4) is 0 Å². The lowest BCUT2D eigenvalue weighted by Crippen LogP contribution is -2.16. The number of nitrogens with two attached hydrogens (primary N) is 1. The first-order valence-corrected chi connectivity index (χ1v) is 2.85. The minimum atomic E-state index is 0.917. The zero-order valence-corrected chi connectivity index (χ0v) is 6.10. The minimum Gasteiger partial charge on any atom is -0.245 e. The molecule has 0 rings (SSSR count). The van der Waals surface area contributed by atoms with E-state index in [9.17, 15) is 0 Å². The van der Waals surface area contributed by atoms with Crippen LogP contribution in [0.3, 0.4) is 0 Å². The Morgan fingerprint density at radius 3 is 2.44 bits per heavy atom. The highest BCUT2D eigenvalue weighted by Gasteiger charge is 1.89. The van der Waals surface area contributed by atoms with Crippen LogP contribution in [0.1, 0.15) is 20.8 Å². The Balaban J connectivity index is 4.03. The molecule has 0 aromatic heterocycles. The van der Waals surface area contributed by atoms with Crippen molar-refractivity contribution in [1.82, 2.24) is 5.53 Å². The normalized spacial score (nSPS) is 13.8. The Bertz CT molecular complexity index is 135. The van der Waals surface area contributed by atoms with Crippen molar-refractivity contribution in [2.75, 3.05) is 0 Å². The summed E-state index contributed by atoms with van der Waals surface area (Å²) in [6.07, 6.45) is 1.98. The van der Waals surface area contributed by atoms with Crippen molar-refractivity contribution < 1.29 is 0 Å². The standard InChI is InChI=1S/C6H13N3/c1-4-5(2)6(3)8-9-7/h4,9H,7H2,1-3H3/b5-4-,8-6-. The molecule has 0 aliphatic heterocycles. The maximum atomic E-state index is 4.96. The number of nitrogens with zero attached hydrogens (tertiary/aromatic N) is 1. The lowest BCUT2D eigenvalue weighted by molar-refractivity contribution is 0.804. The second-order valence-electron chi connectivity index (χ2n) is 1.80. The van der Waals surface area contributed by atoms with Crippen LogP contribution in [-0.2, 0) is 0 Å². The first-order valence-electron chi connectivity index (χ1n) is 2.85. The molecule has 0 heterocycles. The molecule has 0 atom stereocenters. The number of hydrazine groups is 1. The smallest absolute Gasteiger partial charge is 0.0613 e. The van der Waals surface area contributed by atoms with Gasteiger partial charge in [-0.25, -0.2) is 11.4 Å². The zero-order valence-electron chi connectivity index (χ0n) is 6.10. The first kappa shape index (κ1) is 8.17. The quantitative estimate of drug-likeness (QED) is 0.327. The molecule has 0 aromatic carbocycles. The van der Waals surface area contributed by atoms with Crippen LogP contribution in [0.25, 0.3) is 0 Å². The summed E-state index contributed by atoms with van der Waals surface area (Å²) in [5, 5.41) is 3.77. The van der Waals surface area contributed by atoms with Crippen LogP contribution in [0, 0.1) is 0 Å². The molecule has 52 valence electrons. The second kappa shape index (κ2) is 4.09. The van der Waals surface area contributed by atoms with Gasteiger partial charge in [-0.2, -0.15) is 5.10 Å². The topological polar surface area (TPSA) is 50.4 Å². The summed E-state index contributed by atoms with van der Waals surface area (Å²) in [7, 11) is 0. The molecule has 0 aromatic rings. The van der Waals surface area contributed by atoms with E-state index in [1.165, 1.54) is 0 Å². The molecule has 0 spiro atoms. The van der Waals surface area contributed by atoms with Crippen LogP contribution in [0.5, 0.6) is 0 Å². The van der Waals surface area contributed by atoms with Crippen molar-refractivity contribution >= 4 is 5.71 Å². The van der Waals surface area contributed by atoms with E-state index in [0.29, 0.717) is 0 Å². The van der Waals surface area contributed by atoms with Gasteiger partial charge in [0.1, 0.15) is 0 Å². The second-order valence-corrected chi connectivity index (χ2v) is 1.80. The summed E-state index contributed by atoms with van der Waals surface area (Å²) < 4.78 is 0. The van der Waals surface area contributed by atoms with E-state index >= 15 is 0 Å². The van der Waals surface area contributed by atoms with E-state index in [-0.39, 0.29) is 0 Å². The zero-order chi connectivity index (χ0) is 7.28. The van der Waals surface area contributed by atoms with Gasteiger partial charge < -0.3 is 0 Å². The lowest BCUT2D eigenvalue weighted by Gasteiger charge is -1.96. The third-order valence-corrected chi connectivity index (χ3v) is 1.24. The Labute approximate surface area is 55.6 Å². The molecule has 9 heavy (non-hydrogen) atoms. The number of hydrogen-bond donors (Lipinski definition) is 2. The molecule has 3 nitrogen and oxygen atoms in total. The summed E-state index contributed by atoms with van der Waals surface area (Å²) >= 11 is 0. The molecule has 0 aliphatic rings. The van der Waals surface area contributed by atoms with Gasteiger partial charge >= 0.3 is 0 Å². The molecule has 0 aliphatic carbocycles. The Morgan fingerprint density at radius 1 is 1.56 bits per heavy atom. The minimum absolute atomic E-state index is 0.917. The third kappa shape index (κ3) is 2.87. The van der Waals surface area contributed by atoms with E-state index in [1.807, 2.05) is 26.8 Å². The molecular weight excluding hydrogens is 114 g/mol. The molecule has 0 saturated heterocycles. The van der Waals surface area contributed by atoms with Crippen LogP contribution < -0.4 is 11.4 Å². The Kier molecular flexibility index (Phi) is 3.71. The average Bonchev–Trinajstić information content (AvgIpc) is 1.87. The summed E-state index contributed by atoms with van der Waals surface area (Å²) in [5.41, 5.74) is 4.28. The molecule has 0 fully saturated rings. The summed E-state index contributed by atoms with van der Waals surface area (Å²) in [6.45, 7) is 5.84. The molecular formula is C6H13N3. The maximum absolute atomic E-state index is 4.96. The van der Waals surface area contributed by atoms with Crippen molar-refractivity contribution in [2.45, 2.75) is 20.8 Å². The summed E-state index contributed by atoms with van der Waals surface area (Å²) in [6, 6.07) is 0. The van der Waals surface area contributed by atoms with Gasteiger partial charge in [0.05, 0.1) is 5.71 Å². The van der Waals surface area contributed by atoms with Gasteiger partial charge in [0.15, 0.2) is 0 Å². The van der Waals surface area contributed by atoms with Crippen LogP contribution in [-0.4, -0.2) is 5.71 Å². The van der Waals surface area contributed by atoms with Gasteiger partial charge in [-0.3, -0.25) is 0 Å². The van der Waals surface area contributed by atoms with Crippen molar-refractivity contribution in [3.05, 3.63) is 11.6 Å². The number of hydrogen-bond acceptors (Lipinski definition) is 3. The molecule has 0 radical (unpaired) electrons. The van der Waals surface area contributed by atoms with Gasteiger partial charge in [0.25, 0.3) is 0 Å². The van der Waals surface area contributed by atoms with E-state index in [2.05, 4.69) is 10.6 Å². The molecule has 0 saturated carbocycles. The summed E-state index contributed by atoms with van der Waals surface area (Å²) in [4.78, 5) is 0. The van der Waals surface area contributed by atoms with Crippen LogP contribution in [0.4, 0.5) is 0 Å². The van der Waals surface area contributed by atoms with Crippen LogP contribution >= 0.6 is 0 Å². The SMILES string of the molecule is C/C=C(C)\C(C)=N/NN.